The molecule has 0 aliphatic carbocycles. The molecule has 5 nitrogen and oxygen atoms in total. The maximum absolute atomic E-state index is 13.9. The third-order valence-corrected chi connectivity index (χ3v) is 5.72. The lowest BCUT2D eigenvalue weighted by Crippen LogP contribution is -2.27. The smallest absolute Gasteiger partial charge is 0.372 e. The van der Waals surface area contributed by atoms with Gasteiger partial charge in [0.2, 0.25) is 0 Å². The highest BCUT2D eigenvalue weighted by Crippen LogP contribution is 2.43. The Morgan fingerprint density at radius 1 is 1.14 bits per heavy atom. The van der Waals surface area contributed by atoms with Crippen LogP contribution in [0.25, 0.3) is 22.3 Å². The number of nitrogens with zero attached hydrogens (tertiary/aromatic N) is 4. The molecule has 3 aromatic rings. The maximum atomic E-state index is 13.9. The van der Waals surface area contributed by atoms with Gasteiger partial charge in [-0.15, -0.1) is 0 Å². The van der Waals surface area contributed by atoms with E-state index in [1.165, 1.54) is 6.07 Å². The summed E-state index contributed by atoms with van der Waals surface area (Å²) in [5.41, 5.74) is 0.614. The first-order valence-electron chi connectivity index (χ1n) is 9.29. The molecule has 3 heterocycles. The molecule has 2 aromatic heterocycles. The Bertz CT molecular complexity index is 1070. The Morgan fingerprint density at radius 3 is 2.59 bits per heavy atom. The molecular formula is C20H19F3IN5. The summed E-state index contributed by atoms with van der Waals surface area (Å²) in [5.74, 6) is 0.593. The third-order valence-electron chi connectivity index (χ3n) is 5.24. The van der Waals surface area contributed by atoms with Crippen LogP contribution in [0.15, 0.2) is 30.3 Å². The number of benzene rings is 1. The van der Waals surface area contributed by atoms with E-state index in [1.807, 2.05) is 34.4 Å². The number of hydrogen-bond donors (Lipinski definition) is 1. The minimum absolute atomic E-state index is 0.107. The first kappa shape index (κ1) is 20.1. The third kappa shape index (κ3) is 3.72. The molecule has 4 rings (SSSR count). The quantitative estimate of drug-likeness (QED) is 0.379. The van der Waals surface area contributed by atoms with E-state index in [0.717, 1.165) is 25.5 Å². The summed E-state index contributed by atoms with van der Waals surface area (Å²) in [6, 6.07) is 7.86. The minimum Gasteiger partial charge on any atom is -0.372 e. The van der Waals surface area contributed by atoms with Gasteiger partial charge in [0.15, 0.2) is 9.48 Å². The van der Waals surface area contributed by atoms with E-state index < -0.39 is 11.7 Å². The van der Waals surface area contributed by atoms with Gasteiger partial charge in [0.1, 0.15) is 5.82 Å². The molecule has 0 radical (unpaired) electrons. The van der Waals surface area contributed by atoms with Gasteiger partial charge in [-0.2, -0.15) is 13.2 Å². The molecular weight excluding hydrogens is 494 g/mol. The van der Waals surface area contributed by atoms with E-state index in [1.54, 1.807) is 25.2 Å². The topological polar surface area (TPSA) is 53.9 Å². The van der Waals surface area contributed by atoms with E-state index in [2.05, 4.69) is 20.3 Å². The Kier molecular flexibility index (Phi) is 5.26. The van der Waals surface area contributed by atoms with Crippen molar-refractivity contribution in [2.45, 2.75) is 32.0 Å². The van der Waals surface area contributed by atoms with Crippen molar-refractivity contribution >= 4 is 45.1 Å². The van der Waals surface area contributed by atoms with E-state index >= 15 is 0 Å². The van der Waals surface area contributed by atoms with Gasteiger partial charge in [0.25, 0.3) is 0 Å². The van der Waals surface area contributed by atoms with Crippen molar-refractivity contribution in [3.63, 3.8) is 0 Å². The molecule has 1 fully saturated rings. The zero-order valence-electron chi connectivity index (χ0n) is 15.9. The van der Waals surface area contributed by atoms with Gasteiger partial charge < -0.3 is 10.2 Å². The fourth-order valence-corrected chi connectivity index (χ4v) is 4.36. The van der Waals surface area contributed by atoms with Crippen molar-refractivity contribution in [2.75, 3.05) is 23.8 Å². The number of alkyl halides is 3. The first-order valence-corrected chi connectivity index (χ1v) is 10.4. The molecule has 1 aliphatic rings. The van der Waals surface area contributed by atoms with Crippen LogP contribution in [0.5, 0.6) is 0 Å². The van der Waals surface area contributed by atoms with Gasteiger partial charge in [-0.1, -0.05) is 6.07 Å². The largest absolute Gasteiger partial charge is 0.417 e. The highest BCUT2D eigenvalue weighted by molar-refractivity contribution is 14.1. The number of hydrogen-bond acceptors (Lipinski definition) is 5. The Hall–Kier alpha value is -2.17. The number of anilines is 2. The number of halogens is 4. The molecule has 1 saturated heterocycles. The van der Waals surface area contributed by atoms with Crippen molar-refractivity contribution < 1.29 is 13.2 Å². The van der Waals surface area contributed by atoms with Crippen molar-refractivity contribution in [1.82, 2.24) is 15.0 Å². The van der Waals surface area contributed by atoms with Gasteiger partial charge in [-0.25, -0.2) is 15.0 Å². The summed E-state index contributed by atoms with van der Waals surface area (Å²) in [4.78, 5) is 15.2. The lowest BCUT2D eigenvalue weighted by molar-refractivity contribution is -0.137. The number of pyridine rings is 1. The molecule has 0 saturated carbocycles. The predicted octanol–water partition coefficient (Wildman–Crippen LogP) is 5.35. The first-order chi connectivity index (χ1) is 13.8. The van der Waals surface area contributed by atoms with Crippen LogP contribution in [0, 0.1) is 3.83 Å². The summed E-state index contributed by atoms with van der Waals surface area (Å²) in [5, 5.41) is 3.65. The second-order valence-corrected chi connectivity index (χ2v) is 8.01. The average Bonchev–Trinajstić information content (AvgIpc) is 3.11. The van der Waals surface area contributed by atoms with Crippen LogP contribution in [0.1, 0.15) is 25.3 Å². The number of fused-ring (bicyclic) bond motifs is 1. The molecule has 0 bridgehead atoms. The second-order valence-electron chi connectivity index (χ2n) is 7.04. The average molecular weight is 513 g/mol. The molecule has 1 unspecified atom stereocenters. The van der Waals surface area contributed by atoms with Crippen LogP contribution in [0.2, 0.25) is 0 Å². The fraction of sp³-hybridized carbons (Fsp3) is 0.350. The highest BCUT2D eigenvalue weighted by Gasteiger charge is 2.37. The SMILES string of the molecule is CNc1nc(I)nc2nc(-c3c(N4CCCC4C)cccc3C(F)(F)F)ccc12. The van der Waals surface area contributed by atoms with Gasteiger partial charge >= 0.3 is 6.18 Å². The van der Waals surface area contributed by atoms with E-state index in [-0.39, 0.29) is 17.3 Å². The normalized spacial score (nSPS) is 17.2. The van der Waals surface area contributed by atoms with Crippen LogP contribution in [-0.2, 0) is 6.18 Å². The predicted molar refractivity (Wildman–Crippen MR) is 116 cm³/mol. The van der Waals surface area contributed by atoms with E-state index in [4.69, 9.17) is 0 Å². The molecule has 9 heteroatoms. The van der Waals surface area contributed by atoms with Gasteiger partial charge in [0, 0.05) is 53.5 Å². The van der Waals surface area contributed by atoms with Crippen LogP contribution in [0.3, 0.4) is 0 Å². The Balaban J connectivity index is 1.98. The van der Waals surface area contributed by atoms with E-state index in [0.29, 0.717) is 26.4 Å². The molecule has 152 valence electrons. The maximum Gasteiger partial charge on any atom is 0.417 e. The molecule has 1 atom stereocenters. The summed E-state index contributed by atoms with van der Waals surface area (Å²) >= 11 is 1.97. The summed E-state index contributed by atoms with van der Waals surface area (Å²) in [7, 11) is 1.73. The molecule has 1 aliphatic heterocycles. The molecule has 1 aromatic carbocycles. The monoisotopic (exact) mass is 513 g/mol. The minimum atomic E-state index is -4.48. The standard InChI is InChI=1S/C20H19F3IN5/c1-11-5-4-10-29(11)15-7-3-6-13(20(21,22)23)16(15)14-9-8-12-17(25-2)27-19(24)28-18(12)26-14/h3,6-9,11H,4-5,10H2,1-2H3,(H,25,26,27,28). The summed E-state index contributed by atoms with van der Waals surface area (Å²) in [6.45, 7) is 2.77. The van der Waals surface area contributed by atoms with Gasteiger partial charge in [-0.05, 0) is 44.0 Å². The fourth-order valence-electron chi connectivity index (χ4n) is 3.89. The zero-order chi connectivity index (χ0) is 20.8. The lowest BCUT2D eigenvalue weighted by atomic mass is 9.99. The van der Waals surface area contributed by atoms with Gasteiger partial charge in [-0.3, -0.25) is 0 Å². The number of nitrogens with one attached hydrogen (secondary N) is 1. The van der Waals surface area contributed by atoms with Crippen LogP contribution in [0.4, 0.5) is 24.7 Å². The summed E-state index contributed by atoms with van der Waals surface area (Å²) < 4.78 is 42.2. The van der Waals surface area contributed by atoms with Crippen LogP contribution >= 0.6 is 22.6 Å². The Labute approximate surface area is 179 Å². The molecule has 0 spiro atoms. The summed E-state index contributed by atoms with van der Waals surface area (Å²) in [6.07, 6.45) is -2.57. The van der Waals surface area contributed by atoms with Crippen LogP contribution < -0.4 is 10.2 Å². The second kappa shape index (κ2) is 7.58. The van der Waals surface area contributed by atoms with Crippen molar-refractivity contribution in [3.05, 3.63) is 39.7 Å². The van der Waals surface area contributed by atoms with Crippen molar-refractivity contribution in [2.24, 2.45) is 0 Å². The number of rotatable bonds is 3. The Morgan fingerprint density at radius 2 is 1.93 bits per heavy atom. The molecule has 0 amide bonds. The molecule has 29 heavy (non-hydrogen) atoms. The van der Waals surface area contributed by atoms with Gasteiger partial charge in [0.05, 0.1) is 16.6 Å². The highest BCUT2D eigenvalue weighted by atomic mass is 127. The lowest BCUT2D eigenvalue weighted by Gasteiger charge is -2.28. The van der Waals surface area contributed by atoms with Crippen LogP contribution in [-0.4, -0.2) is 34.6 Å². The molecule has 1 N–H and O–H groups in total. The van der Waals surface area contributed by atoms with Crippen molar-refractivity contribution in [1.29, 1.82) is 0 Å². The number of aromatic nitrogens is 3. The van der Waals surface area contributed by atoms with E-state index in [9.17, 15) is 13.2 Å². The van der Waals surface area contributed by atoms with Crippen molar-refractivity contribution in [3.8, 4) is 11.3 Å². The zero-order valence-corrected chi connectivity index (χ0v) is 18.0.